The highest BCUT2D eigenvalue weighted by Crippen LogP contribution is 2.35. The van der Waals surface area contributed by atoms with Gasteiger partial charge in [0.05, 0.1) is 13.5 Å². The summed E-state index contributed by atoms with van der Waals surface area (Å²) in [6.45, 7) is 5.49. The van der Waals surface area contributed by atoms with Gasteiger partial charge in [0.15, 0.2) is 0 Å². The van der Waals surface area contributed by atoms with E-state index in [1.54, 1.807) is 14.0 Å². The molecule has 4 heteroatoms. The first-order chi connectivity index (χ1) is 8.34. The zero-order valence-electron chi connectivity index (χ0n) is 11.3. The van der Waals surface area contributed by atoms with Crippen LogP contribution in [-0.4, -0.2) is 23.3 Å². The molecule has 0 amide bonds. The molecule has 0 radical (unpaired) electrons. The van der Waals surface area contributed by atoms with Crippen molar-refractivity contribution in [3.63, 3.8) is 0 Å². The van der Waals surface area contributed by atoms with Gasteiger partial charge in [0.2, 0.25) is 0 Å². The fraction of sp³-hybridized carbons (Fsp3) is 0.500. The van der Waals surface area contributed by atoms with Crippen molar-refractivity contribution in [2.24, 2.45) is 0 Å². The third-order valence-corrected chi connectivity index (χ3v) is 3.24. The number of rotatable bonds is 5. The topological polar surface area (TPSA) is 66.8 Å². The standard InChI is InChI=1S/C14H20O4/c1-5-14(17,8-12(15)16)13-9(2)6-11(18-4)7-10(13)3/h6-7,17H,5,8H2,1-4H3,(H,15,16). The summed E-state index contributed by atoms with van der Waals surface area (Å²) in [6, 6.07) is 3.62. The fourth-order valence-electron chi connectivity index (χ4n) is 2.42. The van der Waals surface area contributed by atoms with E-state index in [2.05, 4.69) is 0 Å². The van der Waals surface area contributed by atoms with Crippen molar-refractivity contribution < 1.29 is 19.7 Å². The van der Waals surface area contributed by atoms with Gasteiger partial charge in [-0.05, 0) is 49.1 Å². The summed E-state index contributed by atoms with van der Waals surface area (Å²) >= 11 is 0. The molecule has 0 saturated heterocycles. The van der Waals surface area contributed by atoms with Crippen molar-refractivity contribution in [2.75, 3.05) is 7.11 Å². The molecule has 100 valence electrons. The number of aliphatic hydroxyl groups is 1. The quantitative estimate of drug-likeness (QED) is 0.844. The zero-order valence-corrected chi connectivity index (χ0v) is 11.3. The molecule has 0 aliphatic rings. The molecule has 0 aliphatic carbocycles. The van der Waals surface area contributed by atoms with Crippen LogP contribution in [0.1, 0.15) is 36.5 Å². The molecule has 4 nitrogen and oxygen atoms in total. The first kappa shape index (κ1) is 14.5. The van der Waals surface area contributed by atoms with Crippen molar-refractivity contribution in [2.45, 2.75) is 39.2 Å². The fourth-order valence-corrected chi connectivity index (χ4v) is 2.42. The van der Waals surface area contributed by atoms with E-state index in [4.69, 9.17) is 9.84 Å². The maximum atomic E-state index is 10.9. The molecule has 2 N–H and O–H groups in total. The molecule has 0 saturated carbocycles. The van der Waals surface area contributed by atoms with Gasteiger partial charge in [-0.25, -0.2) is 0 Å². The Morgan fingerprint density at radius 2 is 1.83 bits per heavy atom. The predicted molar refractivity (Wildman–Crippen MR) is 68.9 cm³/mol. The summed E-state index contributed by atoms with van der Waals surface area (Å²) in [7, 11) is 1.58. The van der Waals surface area contributed by atoms with Gasteiger partial charge >= 0.3 is 5.97 Å². The Kier molecular flexibility index (Phi) is 4.35. The lowest BCUT2D eigenvalue weighted by Gasteiger charge is -2.29. The minimum absolute atomic E-state index is 0.294. The van der Waals surface area contributed by atoms with Crippen molar-refractivity contribution in [3.05, 3.63) is 28.8 Å². The number of hydrogen-bond donors (Lipinski definition) is 2. The van der Waals surface area contributed by atoms with Gasteiger partial charge in [0, 0.05) is 0 Å². The average Bonchev–Trinajstić information content (AvgIpc) is 2.26. The van der Waals surface area contributed by atoms with Crippen LogP contribution in [0.15, 0.2) is 12.1 Å². The van der Waals surface area contributed by atoms with Crippen LogP contribution in [0.5, 0.6) is 5.75 Å². The number of hydrogen-bond acceptors (Lipinski definition) is 3. The van der Waals surface area contributed by atoms with Crippen molar-refractivity contribution >= 4 is 5.97 Å². The molecular weight excluding hydrogens is 232 g/mol. The summed E-state index contributed by atoms with van der Waals surface area (Å²) < 4.78 is 5.16. The number of benzene rings is 1. The molecule has 1 rings (SSSR count). The summed E-state index contributed by atoms with van der Waals surface area (Å²) in [5.74, 6) is -0.295. The van der Waals surface area contributed by atoms with E-state index in [0.29, 0.717) is 17.7 Å². The van der Waals surface area contributed by atoms with E-state index in [0.717, 1.165) is 11.1 Å². The van der Waals surface area contributed by atoms with Gasteiger partial charge in [-0.1, -0.05) is 6.92 Å². The van der Waals surface area contributed by atoms with Crippen LogP contribution in [-0.2, 0) is 10.4 Å². The van der Waals surface area contributed by atoms with E-state index in [1.165, 1.54) is 0 Å². The maximum absolute atomic E-state index is 10.9. The minimum Gasteiger partial charge on any atom is -0.497 e. The summed E-state index contributed by atoms with van der Waals surface area (Å²) in [6.07, 6.45) is 0.0603. The number of methoxy groups -OCH3 is 1. The minimum atomic E-state index is -1.33. The third-order valence-electron chi connectivity index (χ3n) is 3.24. The molecule has 18 heavy (non-hydrogen) atoms. The van der Waals surface area contributed by atoms with E-state index in [-0.39, 0.29) is 6.42 Å². The maximum Gasteiger partial charge on any atom is 0.306 e. The summed E-state index contributed by atoms with van der Waals surface area (Å²) in [4.78, 5) is 10.9. The van der Waals surface area contributed by atoms with Crippen LogP contribution in [0.25, 0.3) is 0 Å². The highest BCUT2D eigenvalue weighted by atomic mass is 16.5. The Bertz CT molecular complexity index is 430. The van der Waals surface area contributed by atoms with Crippen LogP contribution >= 0.6 is 0 Å². The average molecular weight is 252 g/mol. The van der Waals surface area contributed by atoms with Gasteiger partial charge in [-0.3, -0.25) is 4.79 Å². The van der Waals surface area contributed by atoms with E-state index < -0.39 is 11.6 Å². The Hall–Kier alpha value is -1.55. The van der Waals surface area contributed by atoms with Gasteiger partial charge in [0.1, 0.15) is 11.4 Å². The van der Waals surface area contributed by atoms with Crippen molar-refractivity contribution in [1.82, 2.24) is 0 Å². The second-order valence-corrected chi connectivity index (χ2v) is 4.59. The van der Waals surface area contributed by atoms with E-state index >= 15 is 0 Å². The molecule has 0 heterocycles. The first-order valence-corrected chi connectivity index (χ1v) is 5.94. The monoisotopic (exact) mass is 252 g/mol. The van der Waals surface area contributed by atoms with Crippen LogP contribution in [0.4, 0.5) is 0 Å². The number of aryl methyl sites for hydroxylation is 2. The highest BCUT2D eigenvalue weighted by Gasteiger charge is 2.33. The van der Waals surface area contributed by atoms with E-state index in [9.17, 15) is 9.90 Å². The normalized spacial score (nSPS) is 14.1. The van der Waals surface area contributed by atoms with Gasteiger partial charge in [-0.2, -0.15) is 0 Å². The SMILES string of the molecule is CCC(O)(CC(=O)O)c1c(C)cc(OC)cc1C. The molecule has 1 aromatic carbocycles. The molecular formula is C14H20O4. The Balaban J connectivity index is 3.33. The number of carbonyl (C=O) groups is 1. The second kappa shape index (κ2) is 5.40. The van der Waals surface area contributed by atoms with Crippen molar-refractivity contribution in [3.8, 4) is 5.75 Å². The molecule has 0 bridgehead atoms. The first-order valence-electron chi connectivity index (χ1n) is 5.94. The number of aliphatic carboxylic acids is 1. The number of carboxylic acid groups (broad SMARTS) is 1. The lowest BCUT2D eigenvalue weighted by atomic mass is 9.82. The van der Waals surface area contributed by atoms with Crippen LogP contribution in [0.2, 0.25) is 0 Å². The van der Waals surface area contributed by atoms with Crippen LogP contribution in [0.3, 0.4) is 0 Å². The van der Waals surface area contributed by atoms with Crippen molar-refractivity contribution in [1.29, 1.82) is 0 Å². The smallest absolute Gasteiger partial charge is 0.306 e. The Morgan fingerprint density at radius 1 is 1.33 bits per heavy atom. The highest BCUT2D eigenvalue weighted by molar-refractivity contribution is 5.69. The molecule has 1 atom stereocenters. The largest absolute Gasteiger partial charge is 0.497 e. The molecule has 0 spiro atoms. The van der Waals surface area contributed by atoms with Crippen LogP contribution < -0.4 is 4.74 Å². The van der Waals surface area contributed by atoms with E-state index in [1.807, 2.05) is 26.0 Å². The predicted octanol–water partition coefficient (Wildman–Crippen LogP) is 2.38. The molecule has 1 aromatic rings. The molecule has 0 fully saturated rings. The van der Waals surface area contributed by atoms with Gasteiger partial charge in [-0.15, -0.1) is 0 Å². The second-order valence-electron chi connectivity index (χ2n) is 4.59. The Labute approximate surface area is 107 Å². The molecule has 0 aliphatic heterocycles. The summed E-state index contributed by atoms with van der Waals surface area (Å²) in [5, 5.41) is 19.5. The molecule has 1 unspecified atom stereocenters. The van der Waals surface area contributed by atoms with Gasteiger partial charge in [0.25, 0.3) is 0 Å². The lowest BCUT2D eigenvalue weighted by Crippen LogP contribution is -2.30. The number of ether oxygens (including phenoxy) is 1. The number of carboxylic acids is 1. The Morgan fingerprint density at radius 3 is 2.17 bits per heavy atom. The molecule has 0 aromatic heterocycles. The third kappa shape index (κ3) is 2.82. The summed E-state index contributed by atoms with van der Waals surface area (Å²) in [5.41, 5.74) is 1.05. The van der Waals surface area contributed by atoms with Crippen LogP contribution in [0, 0.1) is 13.8 Å². The van der Waals surface area contributed by atoms with Gasteiger partial charge < -0.3 is 14.9 Å². The zero-order chi connectivity index (χ0) is 13.9. The lowest BCUT2D eigenvalue weighted by molar-refractivity contribution is -0.143.